The minimum absolute atomic E-state index is 0.406. The molecule has 1 aromatic heterocycles. The zero-order valence-electron chi connectivity index (χ0n) is 10.8. The van der Waals surface area contributed by atoms with E-state index in [2.05, 4.69) is 22.4 Å². The van der Waals surface area contributed by atoms with E-state index in [-0.39, 0.29) is 0 Å². The fraction of sp³-hybridized carbons (Fsp3) is 0.462. The van der Waals surface area contributed by atoms with Gasteiger partial charge in [-0.05, 0) is 47.4 Å². The molecule has 0 aliphatic heterocycles. The Morgan fingerprint density at radius 3 is 3.11 bits per heavy atom. The summed E-state index contributed by atoms with van der Waals surface area (Å²) in [6.45, 7) is 2.20. The monoisotopic (exact) mass is 277 g/mol. The zero-order valence-corrected chi connectivity index (χ0v) is 11.5. The van der Waals surface area contributed by atoms with Crippen LogP contribution in [0.5, 0.6) is 0 Å². The van der Waals surface area contributed by atoms with Gasteiger partial charge in [0.2, 0.25) is 0 Å². The lowest BCUT2D eigenvalue weighted by Crippen LogP contribution is -2.03. The van der Waals surface area contributed by atoms with E-state index >= 15 is 0 Å². The second-order valence-corrected chi connectivity index (χ2v) is 5.47. The largest absolute Gasteiger partial charge is 0.398 e. The molecule has 2 N–H and O–H groups in total. The van der Waals surface area contributed by atoms with Crippen molar-refractivity contribution in [3.8, 4) is 11.4 Å². The number of halogens is 1. The standard InChI is InChI=1S/C13H16ClN5/c1-2-3-8-6-12(8)19-13(16-17-18-19)10-7-9(14)4-5-11(10)15/h4-5,7-8,12H,2-3,6,15H2,1H3. The van der Waals surface area contributed by atoms with Crippen molar-refractivity contribution >= 4 is 17.3 Å². The van der Waals surface area contributed by atoms with Crippen LogP contribution >= 0.6 is 11.6 Å². The topological polar surface area (TPSA) is 69.6 Å². The minimum Gasteiger partial charge on any atom is -0.398 e. The number of tetrazole rings is 1. The molecule has 2 aromatic rings. The van der Waals surface area contributed by atoms with Crippen molar-refractivity contribution in [2.24, 2.45) is 5.92 Å². The number of benzene rings is 1. The average Bonchev–Trinajstić information content (AvgIpc) is 2.99. The van der Waals surface area contributed by atoms with Gasteiger partial charge in [-0.2, -0.15) is 0 Å². The van der Waals surface area contributed by atoms with Gasteiger partial charge in [0.15, 0.2) is 5.82 Å². The minimum atomic E-state index is 0.406. The van der Waals surface area contributed by atoms with Gasteiger partial charge in [-0.3, -0.25) is 0 Å². The zero-order chi connectivity index (χ0) is 13.4. The number of anilines is 1. The van der Waals surface area contributed by atoms with Gasteiger partial charge in [0.25, 0.3) is 0 Å². The number of hydrogen-bond donors (Lipinski definition) is 1. The first-order valence-electron chi connectivity index (χ1n) is 6.54. The molecule has 19 heavy (non-hydrogen) atoms. The predicted molar refractivity (Wildman–Crippen MR) is 74.7 cm³/mol. The molecule has 0 amide bonds. The summed E-state index contributed by atoms with van der Waals surface area (Å²) in [5, 5.41) is 12.7. The highest BCUT2D eigenvalue weighted by Gasteiger charge is 2.40. The molecule has 1 aliphatic rings. The van der Waals surface area contributed by atoms with Gasteiger partial charge in [-0.25, -0.2) is 4.68 Å². The maximum atomic E-state index is 6.03. The highest BCUT2D eigenvalue weighted by molar-refractivity contribution is 6.31. The molecular formula is C13H16ClN5. The Bertz CT molecular complexity index is 594. The van der Waals surface area contributed by atoms with Crippen LogP contribution in [0.15, 0.2) is 18.2 Å². The fourth-order valence-electron chi connectivity index (χ4n) is 2.53. The van der Waals surface area contributed by atoms with Gasteiger partial charge in [-0.15, -0.1) is 5.10 Å². The van der Waals surface area contributed by atoms with E-state index in [9.17, 15) is 0 Å². The van der Waals surface area contributed by atoms with E-state index in [0.29, 0.717) is 28.5 Å². The van der Waals surface area contributed by atoms with Gasteiger partial charge >= 0.3 is 0 Å². The maximum absolute atomic E-state index is 6.03. The van der Waals surface area contributed by atoms with Crippen LogP contribution in [0.4, 0.5) is 5.69 Å². The summed E-state index contributed by atoms with van der Waals surface area (Å²) in [5.74, 6) is 1.40. The fourth-order valence-corrected chi connectivity index (χ4v) is 2.70. The highest BCUT2D eigenvalue weighted by atomic mass is 35.5. The Kier molecular flexibility index (Phi) is 3.14. The van der Waals surface area contributed by atoms with Crippen LogP contribution in [-0.4, -0.2) is 20.2 Å². The molecule has 6 heteroatoms. The Morgan fingerprint density at radius 2 is 2.32 bits per heavy atom. The summed E-state index contributed by atoms with van der Waals surface area (Å²) >= 11 is 6.03. The van der Waals surface area contributed by atoms with Crippen LogP contribution in [0.1, 0.15) is 32.2 Å². The first-order chi connectivity index (χ1) is 9.20. The summed E-state index contributed by atoms with van der Waals surface area (Å²) in [4.78, 5) is 0. The summed E-state index contributed by atoms with van der Waals surface area (Å²) < 4.78 is 1.89. The molecule has 100 valence electrons. The first-order valence-corrected chi connectivity index (χ1v) is 6.91. The Hall–Kier alpha value is -1.62. The molecule has 3 rings (SSSR count). The third-order valence-electron chi connectivity index (χ3n) is 3.61. The van der Waals surface area contributed by atoms with Crippen molar-refractivity contribution in [3.63, 3.8) is 0 Å². The van der Waals surface area contributed by atoms with E-state index in [0.717, 1.165) is 12.0 Å². The second kappa shape index (κ2) is 4.81. The number of rotatable bonds is 4. The number of nitrogen functional groups attached to an aromatic ring is 1. The van der Waals surface area contributed by atoms with Crippen molar-refractivity contribution in [1.29, 1.82) is 0 Å². The molecule has 1 aromatic carbocycles. The Balaban J connectivity index is 1.94. The highest BCUT2D eigenvalue weighted by Crippen LogP contribution is 2.47. The molecule has 5 nitrogen and oxygen atoms in total. The second-order valence-electron chi connectivity index (χ2n) is 5.03. The molecule has 0 bridgehead atoms. The third-order valence-corrected chi connectivity index (χ3v) is 3.84. The lowest BCUT2D eigenvalue weighted by Gasteiger charge is -2.07. The maximum Gasteiger partial charge on any atom is 0.184 e. The molecular weight excluding hydrogens is 262 g/mol. The summed E-state index contributed by atoms with van der Waals surface area (Å²) in [6, 6.07) is 5.78. The van der Waals surface area contributed by atoms with Crippen molar-refractivity contribution in [2.45, 2.75) is 32.2 Å². The van der Waals surface area contributed by atoms with Gasteiger partial charge < -0.3 is 5.73 Å². The van der Waals surface area contributed by atoms with E-state index in [1.807, 2.05) is 10.7 Å². The van der Waals surface area contributed by atoms with E-state index in [4.69, 9.17) is 17.3 Å². The molecule has 1 heterocycles. The Labute approximate surface area is 116 Å². The first kappa shape index (κ1) is 12.4. The predicted octanol–water partition coefficient (Wildman–Crippen LogP) is 2.94. The number of nitrogens with two attached hydrogens (primary N) is 1. The van der Waals surface area contributed by atoms with Gasteiger partial charge in [-0.1, -0.05) is 24.9 Å². The lowest BCUT2D eigenvalue weighted by atomic mass is 10.1. The summed E-state index contributed by atoms with van der Waals surface area (Å²) in [6.07, 6.45) is 3.55. The number of hydrogen-bond acceptors (Lipinski definition) is 4. The number of nitrogens with zero attached hydrogens (tertiary/aromatic N) is 4. The van der Waals surface area contributed by atoms with Crippen LogP contribution in [-0.2, 0) is 0 Å². The summed E-state index contributed by atoms with van der Waals surface area (Å²) in [5.41, 5.74) is 7.45. The normalized spacial score (nSPS) is 21.6. The van der Waals surface area contributed by atoms with Crippen LogP contribution in [0.3, 0.4) is 0 Å². The van der Waals surface area contributed by atoms with E-state index in [1.54, 1.807) is 12.1 Å². The van der Waals surface area contributed by atoms with Gasteiger partial charge in [0.05, 0.1) is 6.04 Å². The lowest BCUT2D eigenvalue weighted by molar-refractivity contribution is 0.548. The van der Waals surface area contributed by atoms with Crippen LogP contribution in [0.2, 0.25) is 5.02 Å². The van der Waals surface area contributed by atoms with E-state index < -0.39 is 0 Å². The smallest absolute Gasteiger partial charge is 0.184 e. The van der Waals surface area contributed by atoms with Crippen LogP contribution in [0.25, 0.3) is 11.4 Å². The van der Waals surface area contributed by atoms with Crippen molar-refractivity contribution in [2.75, 3.05) is 5.73 Å². The van der Waals surface area contributed by atoms with E-state index in [1.165, 1.54) is 12.8 Å². The molecule has 1 fully saturated rings. The van der Waals surface area contributed by atoms with Gasteiger partial charge in [0.1, 0.15) is 0 Å². The van der Waals surface area contributed by atoms with Crippen molar-refractivity contribution in [1.82, 2.24) is 20.2 Å². The number of aromatic nitrogens is 4. The summed E-state index contributed by atoms with van der Waals surface area (Å²) in [7, 11) is 0. The van der Waals surface area contributed by atoms with Crippen LogP contribution < -0.4 is 5.73 Å². The van der Waals surface area contributed by atoms with Crippen LogP contribution in [0, 0.1) is 5.92 Å². The van der Waals surface area contributed by atoms with Crippen molar-refractivity contribution < 1.29 is 0 Å². The molecule has 2 atom stereocenters. The average molecular weight is 278 g/mol. The molecule has 0 saturated heterocycles. The quantitative estimate of drug-likeness (QED) is 0.873. The molecule has 0 radical (unpaired) electrons. The Morgan fingerprint density at radius 1 is 1.47 bits per heavy atom. The van der Waals surface area contributed by atoms with Crippen molar-refractivity contribution in [3.05, 3.63) is 23.2 Å². The van der Waals surface area contributed by atoms with Gasteiger partial charge in [0, 0.05) is 16.3 Å². The molecule has 2 unspecified atom stereocenters. The molecule has 1 aliphatic carbocycles. The molecule has 1 saturated carbocycles. The SMILES string of the molecule is CCCC1CC1n1nnnc1-c1cc(Cl)ccc1N. The molecule has 0 spiro atoms. The third kappa shape index (κ3) is 2.30.